The van der Waals surface area contributed by atoms with Gasteiger partial charge in [-0.05, 0) is 54.5 Å². The molecule has 0 saturated carbocycles. The number of phenols is 1. The van der Waals surface area contributed by atoms with Gasteiger partial charge in [0.15, 0.2) is 0 Å². The molecular formula is C13H20O. The first-order chi connectivity index (χ1) is 6.65. The second-order valence-corrected chi connectivity index (χ2v) is 3.70. The summed E-state index contributed by atoms with van der Waals surface area (Å²) in [5, 5.41) is 9.86. The molecule has 0 amide bonds. The molecule has 0 saturated heterocycles. The van der Waals surface area contributed by atoms with Crippen molar-refractivity contribution in [2.24, 2.45) is 0 Å². The lowest BCUT2D eigenvalue weighted by Gasteiger charge is -2.15. The maximum atomic E-state index is 9.86. The predicted molar refractivity (Wildman–Crippen MR) is 61.0 cm³/mol. The van der Waals surface area contributed by atoms with Gasteiger partial charge in [0.1, 0.15) is 5.75 Å². The van der Waals surface area contributed by atoms with Crippen LogP contribution in [0.15, 0.2) is 6.07 Å². The number of aryl methyl sites for hydroxylation is 1. The molecule has 0 aliphatic heterocycles. The Kier molecular flexibility index (Phi) is 3.56. The third-order valence-electron chi connectivity index (χ3n) is 3.01. The molecule has 78 valence electrons. The fourth-order valence-corrected chi connectivity index (χ4v) is 2.18. The second kappa shape index (κ2) is 4.50. The van der Waals surface area contributed by atoms with Gasteiger partial charge in [-0.15, -0.1) is 0 Å². The Bertz CT molecular complexity index is 326. The fraction of sp³-hybridized carbons (Fsp3) is 0.538. The lowest BCUT2D eigenvalue weighted by atomic mass is 9.92. The zero-order chi connectivity index (χ0) is 10.7. The van der Waals surface area contributed by atoms with Gasteiger partial charge in [0, 0.05) is 0 Å². The molecule has 0 spiro atoms. The van der Waals surface area contributed by atoms with Crippen molar-refractivity contribution in [2.75, 3.05) is 0 Å². The molecule has 0 unspecified atom stereocenters. The van der Waals surface area contributed by atoms with Crippen LogP contribution in [-0.2, 0) is 19.3 Å². The summed E-state index contributed by atoms with van der Waals surface area (Å²) in [7, 11) is 0. The fourth-order valence-electron chi connectivity index (χ4n) is 2.18. The Morgan fingerprint density at radius 1 is 1.00 bits per heavy atom. The van der Waals surface area contributed by atoms with Crippen LogP contribution < -0.4 is 0 Å². The van der Waals surface area contributed by atoms with Gasteiger partial charge < -0.3 is 5.11 Å². The number of phenolic OH excluding ortho intramolecular Hbond substituents is 1. The summed E-state index contributed by atoms with van der Waals surface area (Å²) in [4.78, 5) is 0. The average molecular weight is 192 g/mol. The topological polar surface area (TPSA) is 20.2 Å². The quantitative estimate of drug-likeness (QED) is 0.778. The zero-order valence-corrected chi connectivity index (χ0v) is 9.65. The molecule has 1 heteroatoms. The molecular weight excluding hydrogens is 172 g/mol. The van der Waals surface area contributed by atoms with Crippen molar-refractivity contribution in [3.63, 3.8) is 0 Å². The highest BCUT2D eigenvalue weighted by atomic mass is 16.3. The minimum absolute atomic E-state index is 0.479. The average Bonchev–Trinajstić information content (AvgIpc) is 2.20. The van der Waals surface area contributed by atoms with Crippen molar-refractivity contribution in [2.45, 2.75) is 47.0 Å². The van der Waals surface area contributed by atoms with Gasteiger partial charge in [0.25, 0.3) is 0 Å². The molecule has 0 bridgehead atoms. The van der Waals surface area contributed by atoms with Crippen molar-refractivity contribution in [3.8, 4) is 5.75 Å². The molecule has 1 aromatic rings. The highest BCUT2D eigenvalue weighted by molar-refractivity contribution is 5.48. The van der Waals surface area contributed by atoms with Gasteiger partial charge in [-0.25, -0.2) is 0 Å². The van der Waals surface area contributed by atoms with Crippen LogP contribution in [0.1, 0.15) is 43.0 Å². The highest BCUT2D eigenvalue weighted by Crippen LogP contribution is 2.28. The number of hydrogen-bond donors (Lipinski definition) is 1. The van der Waals surface area contributed by atoms with Crippen LogP contribution in [0.25, 0.3) is 0 Å². The molecule has 1 aromatic carbocycles. The summed E-state index contributed by atoms with van der Waals surface area (Å²) in [5.41, 5.74) is 5.10. The monoisotopic (exact) mass is 192 g/mol. The molecule has 0 aliphatic carbocycles. The van der Waals surface area contributed by atoms with Crippen molar-refractivity contribution in [3.05, 3.63) is 28.3 Å². The first-order valence-corrected chi connectivity index (χ1v) is 5.48. The van der Waals surface area contributed by atoms with E-state index in [2.05, 4.69) is 27.7 Å². The van der Waals surface area contributed by atoms with Gasteiger partial charge in [-0.1, -0.05) is 20.8 Å². The molecule has 0 fully saturated rings. The van der Waals surface area contributed by atoms with E-state index in [0.717, 1.165) is 24.8 Å². The Hall–Kier alpha value is -0.980. The van der Waals surface area contributed by atoms with Crippen LogP contribution in [0.3, 0.4) is 0 Å². The number of rotatable bonds is 3. The van der Waals surface area contributed by atoms with Gasteiger partial charge in [-0.3, -0.25) is 0 Å². The van der Waals surface area contributed by atoms with E-state index in [1.165, 1.54) is 16.7 Å². The van der Waals surface area contributed by atoms with Crippen LogP contribution in [0.2, 0.25) is 0 Å². The number of benzene rings is 1. The van der Waals surface area contributed by atoms with E-state index >= 15 is 0 Å². The first kappa shape index (κ1) is 11.1. The summed E-state index contributed by atoms with van der Waals surface area (Å²) < 4.78 is 0. The molecule has 0 radical (unpaired) electrons. The lowest BCUT2D eigenvalue weighted by molar-refractivity contribution is 0.466. The van der Waals surface area contributed by atoms with Crippen LogP contribution in [0, 0.1) is 6.92 Å². The van der Waals surface area contributed by atoms with Gasteiger partial charge in [0.05, 0.1) is 0 Å². The molecule has 1 nitrogen and oxygen atoms in total. The summed E-state index contributed by atoms with van der Waals surface area (Å²) in [6, 6.07) is 1.92. The number of hydrogen-bond acceptors (Lipinski definition) is 1. The van der Waals surface area contributed by atoms with Crippen molar-refractivity contribution < 1.29 is 5.11 Å². The zero-order valence-electron chi connectivity index (χ0n) is 9.65. The summed E-state index contributed by atoms with van der Waals surface area (Å²) in [6.07, 6.45) is 2.92. The maximum absolute atomic E-state index is 9.86. The Labute approximate surface area is 86.8 Å². The minimum Gasteiger partial charge on any atom is -0.508 e. The highest BCUT2D eigenvalue weighted by Gasteiger charge is 2.11. The number of aromatic hydroxyl groups is 1. The second-order valence-electron chi connectivity index (χ2n) is 3.70. The third kappa shape index (κ3) is 1.77. The van der Waals surface area contributed by atoms with Crippen molar-refractivity contribution in [1.29, 1.82) is 0 Å². The molecule has 0 aromatic heterocycles. The Balaban J connectivity index is 3.40. The van der Waals surface area contributed by atoms with Crippen molar-refractivity contribution in [1.82, 2.24) is 0 Å². The molecule has 0 atom stereocenters. The van der Waals surface area contributed by atoms with Gasteiger partial charge in [-0.2, -0.15) is 0 Å². The summed E-state index contributed by atoms with van der Waals surface area (Å²) in [6.45, 7) is 8.54. The normalized spacial score (nSPS) is 10.6. The largest absolute Gasteiger partial charge is 0.508 e. The Morgan fingerprint density at radius 2 is 1.57 bits per heavy atom. The minimum atomic E-state index is 0.479. The molecule has 1 rings (SSSR count). The van der Waals surface area contributed by atoms with E-state index in [0.29, 0.717) is 5.75 Å². The third-order valence-corrected chi connectivity index (χ3v) is 3.01. The molecule has 0 heterocycles. The standard InChI is InChI=1S/C13H20O/c1-5-10-8-13(14)12(7-3)11(6-2)9(10)4/h8,14H,5-7H2,1-4H3. The lowest BCUT2D eigenvalue weighted by Crippen LogP contribution is -1.99. The van der Waals surface area contributed by atoms with E-state index < -0.39 is 0 Å². The molecule has 0 aliphatic rings. The van der Waals surface area contributed by atoms with E-state index in [4.69, 9.17) is 0 Å². The molecule has 1 N–H and O–H groups in total. The van der Waals surface area contributed by atoms with E-state index in [9.17, 15) is 5.11 Å². The molecule has 14 heavy (non-hydrogen) atoms. The predicted octanol–water partition coefficient (Wildman–Crippen LogP) is 3.39. The first-order valence-electron chi connectivity index (χ1n) is 5.48. The van der Waals surface area contributed by atoms with Gasteiger partial charge >= 0.3 is 0 Å². The SMILES string of the molecule is CCc1cc(O)c(CC)c(CC)c1C. The van der Waals surface area contributed by atoms with Crippen molar-refractivity contribution >= 4 is 0 Å². The van der Waals surface area contributed by atoms with E-state index in [-0.39, 0.29) is 0 Å². The van der Waals surface area contributed by atoms with Crippen LogP contribution in [0.5, 0.6) is 5.75 Å². The van der Waals surface area contributed by atoms with E-state index in [1.807, 2.05) is 6.07 Å². The summed E-state index contributed by atoms with van der Waals surface area (Å²) >= 11 is 0. The summed E-state index contributed by atoms with van der Waals surface area (Å²) in [5.74, 6) is 0.479. The Morgan fingerprint density at radius 3 is 2.00 bits per heavy atom. The van der Waals surface area contributed by atoms with E-state index in [1.54, 1.807) is 0 Å². The van der Waals surface area contributed by atoms with Crippen LogP contribution in [0.4, 0.5) is 0 Å². The van der Waals surface area contributed by atoms with Gasteiger partial charge in [0.2, 0.25) is 0 Å². The van der Waals surface area contributed by atoms with Crippen LogP contribution in [-0.4, -0.2) is 5.11 Å². The maximum Gasteiger partial charge on any atom is 0.119 e. The van der Waals surface area contributed by atoms with Crippen LogP contribution >= 0.6 is 0 Å². The smallest absolute Gasteiger partial charge is 0.119 e.